The summed E-state index contributed by atoms with van der Waals surface area (Å²) in [6.45, 7) is 0. The molecule has 0 bridgehead atoms. The third-order valence-electron chi connectivity index (χ3n) is 3.34. The van der Waals surface area contributed by atoms with Crippen LogP contribution in [-0.2, 0) is 11.5 Å². The number of benzene rings is 2. The molecule has 0 saturated carbocycles. The number of aromatic amines is 1. The number of nitrogens with zero attached hydrogens (tertiary/aromatic N) is 3. The average Bonchev–Trinajstić information content (AvgIpc) is 2.65. The monoisotopic (exact) mass is 386 g/mol. The summed E-state index contributed by atoms with van der Waals surface area (Å²) in [5.74, 6) is 1.21. The number of nitrogens with one attached hydrogen (secondary N) is 1. The molecule has 0 atom stereocenters. The summed E-state index contributed by atoms with van der Waals surface area (Å²) < 4.78 is 0. The molecule has 2 aromatic carbocycles. The lowest BCUT2D eigenvalue weighted by atomic mass is 10.2. The minimum Gasteiger partial charge on any atom is -0.285 e. The second kappa shape index (κ2) is 8.63. The van der Waals surface area contributed by atoms with Crippen molar-refractivity contribution in [1.29, 1.82) is 0 Å². The molecule has 0 aliphatic rings. The number of rotatable bonds is 7. The summed E-state index contributed by atoms with van der Waals surface area (Å²) >= 11 is 2.75. The Balaban J connectivity index is 1.63. The van der Waals surface area contributed by atoms with Crippen molar-refractivity contribution in [1.82, 2.24) is 15.0 Å². The van der Waals surface area contributed by atoms with Crippen molar-refractivity contribution in [2.45, 2.75) is 21.8 Å². The van der Waals surface area contributed by atoms with Crippen LogP contribution < -0.4 is 5.69 Å². The predicted molar refractivity (Wildman–Crippen MR) is 101 cm³/mol. The smallest absolute Gasteiger partial charge is 0.285 e. The zero-order valence-corrected chi connectivity index (χ0v) is 15.1. The average molecular weight is 386 g/mol. The van der Waals surface area contributed by atoms with Gasteiger partial charge in [-0.05, 0) is 11.1 Å². The van der Waals surface area contributed by atoms with E-state index in [0.717, 1.165) is 11.1 Å². The molecule has 132 valence electrons. The minimum absolute atomic E-state index is 0.0498. The zero-order valence-electron chi connectivity index (χ0n) is 13.5. The van der Waals surface area contributed by atoms with Gasteiger partial charge in [0.2, 0.25) is 0 Å². The van der Waals surface area contributed by atoms with Crippen LogP contribution in [0.1, 0.15) is 11.1 Å². The maximum Gasteiger partial charge on any atom is 0.349 e. The van der Waals surface area contributed by atoms with E-state index >= 15 is 0 Å². The van der Waals surface area contributed by atoms with Crippen molar-refractivity contribution in [3.05, 3.63) is 86.3 Å². The molecule has 0 radical (unpaired) electrons. The molecule has 0 unspecified atom stereocenters. The second-order valence-corrected chi connectivity index (χ2v) is 7.13. The van der Waals surface area contributed by atoms with Crippen LogP contribution in [0.5, 0.6) is 0 Å². The Kier molecular flexibility index (Phi) is 6.03. The zero-order chi connectivity index (χ0) is 18.4. The molecule has 3 aromatic rings. The van der Waals surface area contributed by atoms with Gasteiger partial charge < -0.3 is 0 Å². The number of hydrogen-bond donors (Lipinski definition) is 1. The van der Waals surface area contributed by atoms with Gasteiger partial charge in [-0.2, -0.15) is 9.97 Å². The first kappa shape index (κ1) is 18.2. The topological polar surface area (TPSA) is 102 Å². The standard InChI is InChI=1S/C17H14N4O3S2/c22-15-18-16(25-10-12-4-2-1-3-5-12)20-17(19-15)26-11-13-6-8-14(9-7-13)21(23)24/h1-9H,10-11H2,(H,18,19,20,22). The summed E-state index contributed by atoms with van der Waals surface area (Å²) in [4.78, 5) is 32.8. The minimum atomic E-state index is -0.443. The molecular formula is C17H14N4O3S2. The number of non-ortho nitro benzene ring substituents is 1. The number of thioether (sulfide) groups is 2. The molecule has 26 heavy (non-hydrogen) atoms. The highest BCUT2D eigenvalue weighted by Crippen LogP contribution is 2.23. The Labute approximate surface area is 157 Å². The SMILES string of the molecule is O=c1nc(SCc2ccccc2)nc(SCc2ccc([N+](=O)[O-])cc2)[nH]1. The van der Waals surface area contributed by atoms with Gasteiger partial charge in [0, 0.05) is 23.6 Å². The molecule has 0 saturated heterocycles. The third kappa shape index (κ3) is 5.17. The lowest BCUT2D eigenvalue weighted by molar-refractivity contribution is -0.384. The van der Waals surface area contributed by atoms with Gasteiger partial charge in [0.25, 0.3) is 5.69 Å². The maximum atomic E-state index is 11.7. The Bertz CT molecular complexity index is 946. The van der Waals surface area contributed by atoms with E-state index in [9.17, 15) is 14.9 Å². The fourth-order valence-corrected chi connectivity index (χ4v) is 3.72. The van der Waals surface area contributed by atoms with Crippen molar-refractivity contribution >= 4 is 29.2 Å². The van der Waals surface area contributed by atoms with Crippen molar-refractivity contribution in [3.63, 3.8) is 0 Å². The Morgan fingerprint density at radius 3 is 2.27 bits per heavy atom. The van der Waals surface area contributed by atoms with Crippen LogP contribution in [0.25, 0.3) is 0 Å². The van der Waals surface area contributed by atoms with Crippen LogP contribution in [0, 0.1) is 10.1 Å². The van der Waals surface area contributed by atoms with Crippen LogP contribution in [0.4, 0.5) is 5.69 Å². The fraction of sp³-hybridized carbons (Fsp3) is 0.118. The number of nitro benzene ring substituents is 1. The molecule has 1 heterocycles. The van der Waals surface area contributed by atoms with Gasteiger partial charge in [0.05, 0.1) is 4.92 Å². The quantitative estimate of drug-likeness (QED) is 0.375. The van der Waals surface area contributed by atoms with E-state index < -0.39 is 10.6 Å². The van der Waals surface area contributed by atoms with Crippen molar-refractivity contribution < 1.29 is 4.92 Å². The molecule has 7 nitrogen and oxygen atoms in total. The van der Waals surface area contributed by atoms with Gasteiger partial charge in [0.1, 0.15) is 0 Å². The molecular weight excluding hydrogens is 372 g/mol. The Morgan fingerprint density at radius 1 is 0.923 bits per heavy atom. The highest BCUT2D eigenvalue weighted by Gasteiger charge is 2.07. The fourth-order valence-electron chi connectivity index (χ4n) is 2.07. The summed E-state index contributed by atoms with van der Waals surface area (Å²) in [5.41, 5.74) is 1.63. The molecule has 0 fully saturated rings. The van der Waals surface area contributed by atoms with Crippen molar-refractivity contribution in [3.8, 4) is 0 Å². The van der Waals surface area contributed by atoms with Gasteiger partial charge in [-0.3, -0.25) is 15.1 Å². The molecule has 0 amide bonds. The van der Waals surface area contributed by atoms with Crippen LogP contribution in [0.15, 0.2) is 69.7 Å². The normalized spacial score (nSPS) is 10.6. The number of aromatic nitrogens is 3. The molecule has 9 heteroatoms. The summed E-state index contributed by atoms with van der Waals surface area (Å²) in [5, 5.41) is 11.6. The van der Waals surface area contributed by atoms with Crippen LogP contribution in [0.2, 0.25) is 0 Å². The molecule has 0 aliphatic heterocycles. The van der Waals surface area contributed by atoms with Crippen molar-refractivity contribution in [2.24, 2.45) is 0 Å². The summed E-state index contributed by atoms with van der Waals surface area (Å²) in [7, 11) is 0. The number of nitro groups is 1. The van der Waals surface area contributed by atoms with Crippen LogP contribution in [0.3, 0.4) is 0 Å². The van der Waals surface area contributed by atoms with Crippen LogP contribution in [-0.4, -0.2) is 19.9 Å². The summed E-state index contributed by atoms with van der Waals surface area (Å²) in [6, 6.07) is 16.2. The van der Waals surface area contributed by atoms with Crippen LogP contribution >= 0.6 is 23.5 Å². The van der Waals surface area contributed by atoms with Gasteiger partial charge in [-0.1, -0.05) is 66.0 Å². The lowest BCUT2D eigenvalue weighted by Gasteiger charge is -2.04. The molecule has 1 N–H and O–H groups in total. The molecule has 0 aliphatic carbocycles. The van der Waals surface area contributed by atoms with Gasteiger partial charge >= 0.3 is 5.69 Å². The molecule has 0 spiro atoms. The van der Waals surface area contributed by atoms with E-state index in [4.69, 9.17) is 0 Å². The first-order valence-corrected chi connectivity index (χ1v) is 9.58. The van der Waals surface area contributed by atoms with E-state index in [2.05, 4.69) is 15.0 Å². The van der Waals surface area contributed by atoms with E-state index in [0.29, 0.717) is 21.8 Å². The first-order chi connectivity index (χ1) is 12.6. The third-order valence-corrected chi connectivity index (χ3v) is 5.20. The highest BCUT2D eigenvalue weighted by molar-refractivity contribution is 7.99. The van der Waals surface area contributed by atoms with E-state index in [1.165, 1.54) is 35.7 Å². The van der Waals surface area contributed by atoms with E-state index in [1.54, 1.807) is 12.1 Å². The van der Waals surface area contributed by atoms with Crippen molar-refractivity contribution in [2.75, 3.05) is 0 Å². The Morgan fingerprint density at radius 2 is 1.58 bits per heavy atom. The molecule has 1 aromatic heterocycles. The molecule has 3 rings (SSSR count). The highest BCUT2D eigenvalue weighted by atomic mass is 32.2. The van der Waals surface area contributed by atoms with E-state index in [1.807, 2.05) is 30.3 Å². The lowest BCUT2D eigenvalue weighted by Crippen LogP contribution is -2.13. The number of hydrogen-bond acceptors (Lipinski definition) is 7. The number of H-pyrrole nitrogens is 1. The van der Waals surface area contributed by atoms with Gasteiger partial charge in [-0.25, -0.2) is 4.79 Å². The maximum absolute atomic E-state index is 11.7. The van der Waals surface area contributed by atoms with Gasteiger partial charge in [-0.15, -0.1) is 0 Å². The predicted octanol–water partition coefficient (Wildman–Crippen LogP) is 3.66. The van der Waals surface area contributed by atoms with E-state index in [-0.39, 0.29) is 5.69 Å². The second-order valence-electron chi connectivity index (χ2n) is 5.23. The van der Waals surface area contributed by atoms with Gasteiger partial charge in [0.15, 0.2) is 10.3 Å². The first-order valence-electron chi connectivity index (χ1n) is 7.61. The largest absolute Gasteiger partial charge is 0.349 e. The summed E-state index contributed by atoms with van der Waals surface area (Å²) in [6.07, 6.45) is 0. The Hall–Kier alpha value is -2.65.